The number of hydrogen-bond donors (Lipinski definition) is 1. The highest BCUT2D eigenvalue weighted by molar-refractivity contribution is 7.86. The molecule has 0 aromatic carbocycles. The minimum Gasteiger partial charge on any atom is -0.316 e. The Bertz CT molecular complexity index is 336. The molecule has 0 amide bonds. The van der Waals surface area contributed by atoms with Crippen molar-refractivity contribution >= 4 is 10.2 Å². The lowest BCUT2D eigenvalue weighted by Gasteiger charge is -2.32. The molecule has 1 N–H and O–H groups in total. The Balaban J connectivity index is 2.74. The van der Waals surface area contributed by atoms with Crippen molar-refractivity contribution < 1.29 is 8.42 Å². The van der Waals surface area contributed by atoms with Crippen molar-refractivity contribution in [2.45, 2.75) is 40.0 Å². The fraction of sp³-hybridized carbons (Fsp3) is 1.00. The van der Waals surface area contributed by atoms with Gasteiger partial charge in [0.05, 0.1) is 0 Å². The second-order valence-corrected chi connectivity index (χ2v) is 7.09. The molecule has 0 bridgehead atoms. The lowest BCUT2D eigenvalue weighted by Crippen LogP contribution is -2.47. The van der Waals surface area contributed by atoms with E-state index in [1.165, 1.54) is 0 Å². The molecule has 0 radical (unpaired) electrons. The van der Waals surface area contributed by atoms with Crippen molar-refractivity contribution in [3.8, 4) is 0 Å². The summed E-state index contributed by atoms with van der Waals surface area (Å²) in [6, 6.07) is 0. The maximum absolute atomic E-state index is 12.6. The molecule has 0 aliphatic carbocycles. The molecule has 5 nitrogen and oxygen atoms in total. The van der Waals surface area contributed by atoms with Gasteiger partial charge in [0.15, 0.2) is 0 Å². The van der Waals surface area contributed by atoms with Gasteiger partial charge in [0.2, 0.25) is 0 Å². The van der Waals surface area contributed by atoms with Gasteiger partial charge in [-0.3, -0.25) is 0 Å². The first-order chi connectivity index (χ1) is 9.06. The molecular formula is C13H29N3O2S. The molecule has 0 spiro atoms. The summed E-state index contributed by atoms with van der Waals surface area (Å²) < 4.78 is 28.4. The molecule has 114 valence electrons. The largest absolute Gasteiger partial charge is 0.316 e. The first kappa shape index (κ1) is 16.9. The molecule has 0 aromatic rings. The third kappa shape index (κ3) is 4.70. The van der Waals surface area contributed by atoms with E-state index in [1.807, 2.05) is 20.8 Å². The molecule has 1 rings (SSSR count). The lowest BCUT2D eigenvalue weighted by atomic mass is 10.00. The van der Waals surface area contributed by atoms with E-state index in [2.05, 4.69) is 5.32 Å². The minimum absolute atomic E-state index is 0.450. The summed E-state index contributed by atoms with van der Waals surface area (Å²) in [6.07, 6.45) is 3.14. The van der Waals surface area contributed by atoms with Gasteiger partial charge in [-0.05, 0) is 38.3 Å². The van der Waals surface area contributed by atoms with Crippen LogP contribution in [-0.2, 0) is 10.2 Å². The summed E-state index contributed by atoms with van der Waals surface area (Å²) in [7, 11) is -3.29. The van der Waals surface area contributed by atoms with Crippen LogP contribution in [0.15, 0.2) is 0 Å². The predicted molar refractivity (Wildman–Crippen MR) is 79.3 cm³/mol. The van der Waals surface area contributed by atoms with Crippen molar-refractivity contribution in [2.75, 3.05) is 39.3 Å². The van der Waals surface area contributed by atoms with Gasteiger partial charge in [0.1, 0.15) is 0 Å². The Labute approximate surface area is 118 Å². The Morgan fingerprint density at radius 2 is 1.84 bits per heavy atom. The zero-order chi connectivity index (χ0) is 14.3. The second-order valence-electron chi connectivity index (χ2n) is 5.16. The Kier molecular flexibility index (Phi) is 7.28. The molecular weight excluding hydrogens is 262 g/mol. The van der Waals surface area contributed by atoms with E-state index in [0.717, 1.165) is 32.4 Å². The van der Waals surface area contributed by atoms with Gasteiger partial charge in [-0.2, -0.15) is 17.0 Å². The predicted octanol–water partition coefficient (Wildman–Crippen LogP) is 1.28. The summed E-state index contributed by atoms with van der Waals surface area (Å²) in [5.74, 6) is 0.450. The van der Waals surface area contributed by atoms with Crippen molar-refractivity contribution in [3.63, 3.8) is 0 Å². The highest BCUT2D eigenvalue weighted by atomic mass is 32.2. The Morgan fingerprint density at radius 3 is 2.32 bits per heavy atom. The molecule has 1 heterocycles. The van der Waals surface area contributed by atoms with E-state index in [9.17, 15) is 8.42 Å². The van der Waals surface area contributed by atoms with Crippen LogP contribution in [0.3, 0.4) is 0 Å². The van der Waals surface area contributed by atoms with E-state index in [-0.39, 0.29) is 0 Å². The number of nitrogens with zero attached hydrogens (tertiary/aromatic N) is 2. The van der Waals surface area contributed by atoms with E-state index < -0.39 is 10.2 Å². The third-order valence-electron chi connectivity index (χ3n) is 3.69. The molecule has 6 heteroatoms. The fourth-order valence-corrected chi connectivity index (χ4v) is 4.42. The molecule has 1 fully saturated rings. The average molecular weight is 291 g/mol. The number of rotatable bonds is 8. The van der Waals surface area contributed by atoms with E-state index in [0.29, 0.717) is 32.1 Å². The Morgan fingerprint density at radius 1 is 1.16 bits per heavy atom. The first-order valence-corrected chi connectivity index (χ1v) is 8.91. The molecule has 1 aliphatic rings. The van der Waals surface area contributed by atoms with Gasteiger partial charge in [0, 0.05) is 26.2 Å². The number of hydrogen-bond acceptors (Lipinski definition) is 3. The molecule has 19 heavy (non-hydrogen) atoms. The normalized spacial score (nSPS) is 21.2. The molecule has 1 unspecified atom stereocenters. The standard InChI is InChI=1S/C13H29N3O2S/c1-4-10-16(12-13-8-7-9-14-11-13)19(17,18)15(5-2)6-3/h13-14H,4-12H2,1-3H3. The molecule has 0 aromatic heterocycles. The quantitative estimate of drug-likeness (QED) is 0.733. The van der Waals surface area contributed by atoms with Gasteiger partial charge < -0.3 is 5.32 Å². The lowest BCUT2D eigenvalue weighted by molar-refractivity contribution is 0.274. The third-order valence-corrected chi connectivity index (χ3v) is 5.84. The topological polar surface area (TPSA) is 52.7 Å². The van der Waals surface area contributed by atoms with Gasteiger partial charge in [-0.1, -0.05) is 20.8 Å². The van der Waals surface area contributed by atoms with Crippen LogP contribution in [0, 0.1) is 5.92 Å². The monoisotopic (exact) mass is 291 g/mol. The SMILES string of the molecule is CCCN(CC1CCCNC1)S(=O)(=O)N(CC)CC. The highest BCUT2D eigenvalue weighted by Gasteiger charge is 2.29. The van der Waals surface area contributed by atoms with Gasteiger partial charge in [0.25, 0.3) is 10.2 Å². The van der Waals surface area contributed by atoms with Crippen molar-refractivity contribution in [2.24, 2.45) is 5.92 Å². The van der Waals surface area contributed by atoms with Crippen LogP contribution in [0.1, 0.15) is 40.0 Å². The van der Waals surface area contributed by atoms with Crippen LogP contribution in [0.25, 0.3) is 0 Å². The van der Waals surface area contributed by atoms with Crippen molar-refractivity contribution in [3.05, 3.63) is 0 Å². The minimum atomic E-state index is -3.29. The van der Waals surface area contributed by atoms with E-state index in [4.69, 9.17) is 0 Å². The van der Waals surface area contributed by atoms with Crippen LogP contribution >= 0.6 is 0 Å². The summed E-state index contributed by atoms with van der Waals surface area (Å²) in [5.41, 5.74) is 0. The van der Waals surface area contributed by atoms with E-state index in [1.54, 1.807) is 8.61 Å². The summed E-state index contributed by atoms with van der Waals surface area (Å²) >= 11 is 0. The first-order valence-electron chi connectivity index (χ1n) is 7.52. The van der Waals surface area contributed by atoms with Gasteiger partial charge in [-0.15, -0.1) is 0 Å². The molecule has 1 aliphatic heterocycles. The molecule has 0 saturated carbocycles. The smallest absolute Gasteiger partial charge is 0.281 e. The summed E-state index contributed by atoms with van der Waals surface area (Å²) in [5, 5.41) is 3.36. The average Bonchev–Trinajstić information content (AvgIpc) is 2.40. The van der Waals surface area contributed by atoms with Crippen molar-refractivity contribution in [1.82, 2.24) is 13.9 Å². The second kappa shape index (κ2) is 8.19. The van der Waals surface area contributed by atoms with Crippen LogP contribution in [0.2, 0.25) is 0 Å². The number of piperidine rings is 1. The van der Waals surface area contributed by atoms with Crippen LogP contribution in [0.5, 0.6) is 0 Å². The fourth-order valence-electron chi connectivity index (χ4n) is 2.63. The summed E-state index contributed by atoms with van der Waals surface area (Å²) in [6.45, 7) is 10.2. The van der Waals surface area contributed by atoms with Crippen molar-refractivity contribution in [1.29, 1.82) is 0 Å². The molecule has 1 atom stereocenters. The maximum Gasteiger partial charge on any atom is 0.281 e. The number of nitrogens with one attached hydrogen (secondary N) is 1. The van der Waals surface area contributed by atoms with Crippen LogP contribution < -0.4 is 5.32 Å². The van der Waals surface area contributed by atoms with Gasteiger partial charge >= 0.3 is 0 Å². The zero-order valence-electron chi connectivity index (χ0n) is 12.6. The Hall–Kier alpha value is -0.170. The van der Waals surface area contributed by atoms with E-state index >= 15 is 0 Å². The van der Waals surface area contributed by atoms with Crippen LogP contribution in [0.4, 0.5) is 0 Å². The summed E-state index contributed by atoms with van der Waals surface area (Å²) in [4.78, 5) is 0. The highest BCUT2D eigenvalue weighted by Crippen LogP contribution is 2.16. The van der Waals surface area contributed by atoms with Gasteiger partial charge in [-0.25, -0.2) is 0 Å². The molecule has 1 saturated heterocycles. The van der Waals surface area contributed by atoms with Crippen LogP contribution in [-0.4, -0.2) is 56.3 Å². The zero-order valence-corrected chi connectivity index (χ0v) is 13.4. The maximum atomic E-state index is 12.6.